The maximum Gasteiger partial charge on any atom is 0.261 e. The van der Waals surface area contributed by atoms with Gasteiger partial charge in [0.15, 0.2) is 6.10 Å². The first-order valence-electron chi connectivity index (χ1n) is 7.65. The fourth-order valence-corrected chi connectivity index (χ4v) is 2.68. The minimum Gasteiger partial charge on any atom is -0.481 e. The van der Waals surface area contributed by atoms with Crippen molar-refractivity contribution >= 4 is 5.91 Å². The van der Waals surface area contributed by atoms with E-state index >= 15 is 0 Å². The van der Waals surface area contributed by atoms with E-state index in [0.717, 1.165) is 25.2 Å². The first-order chi connectivity index (χ1) is 10.6. The van der Waals surface area contributed by atoms with E-state index in [1.54, 1.807) is 6.92 Å². The second-order valence-corrected chi connectivity index (χ2v) is 5.81. The number of fused-ring (bicyclic) bond motifs is 1. The Hall–Kier alpha value is -2.30. The van der Waals surface area contributed by atoms with Gasteiger partial charge in [0.2, 0.25) is 0 Å². The highest BCUT2D eigenvalue weighted by Crippen LogP contribution is 2.15. The Morgan fingerprint density at radius 2 is 2.18 bits per heavy atom. The van der Waals surface area contributed by atoms with E-state index in [1.165, 1.54) is 5.56 Å². The molecule has 3 rings (SSSR count). The molecule has 116 valence electrons. The van der Waals surface area contributed by atoms with Crippen LogP contribution in [0.1, 0.15) is 24.7 Å². The summed E-state index contributed by atoms with van der Waals surface area (Å²) in [6.07, 6.45) is 5.07. The van der Waals surface area contributed by atoms with Gasteiger partial charge in [-0.1, -0.05) is 17.7 Å². The number of nitrogens with one attached hydrogen (secondary N) is 1. The minimum absolute atomic E-state index is 0.0749. The molecule has 5 nitrogen and oxygen atoms in total. The number of amides is 1. The first kappa shape index (κ1) is 14.6. The van der Waals surface area contributed by atoms with Crippen LogP contribution in [0.15, 0.2) is 36.7 Å². The molecule has 5 heteroatoms. The number of rotatable bonds is 4. The monoisotopic (exact) mass is 299 g/mol. The molecule has 0 spiro atoms. The van der Waals surface area contributed by atoms with Gasteiger partial charge < -0.3 is 14.6 Å². The van der Waals surface area contributed by atoms with Gasteiger partial charge in [0.1, 0.15) is 11.6 Å². The van der Waals surface area contributed by atoms with Crippen molar-refractivity contribution in [3.05, 3.63) is 48.0 Å². The van der Waals surface area contributed by atoms with Gasteiger partial charge in [0, 0.05) is 31.4 Å². The van der Waals surface area contributed by atoms with E-state index in [1.807, 2.05) is 43.6 Å². The molecule has 1 N–H and O–H groups in total. The maximum absolute atomic E-state index is 12.3. The minimum atomic E-state index is -0.508. The Labute approximate surface area is 130 Å². The van der Waals surface area contributed by atoms with Crippen LogP contribution in [-0.2, 0) is 17.8 Å². The molecule has 2 unspecified atom stereocenters. The number of carbonyl (C=O) groups excluding carboxylic acids is 1. The number of ether oxygens (including phenoxy) is 1. The molecule has 1 aliphatic rings. The highest BCUT2D eigenvalue weighted by molar-refractivity contribution is 5.81. The van der Waals surface area contributed by atoms with Gasteiger partial charge in [-0.15, -0.1) is 0 Å². The third-order valence-electron chi connectivity index (χ3n) is 3.98. The molecule has 0 saturated carbocycles. The molecule has 2 aromatic rings. The third kappa shape index (κ3) is 3.30. The lowest BCUT2D eigenvalue weighted by atomic mass is 10.1. The quantitative estimate of drug-likeness (QED) is 0.940. The van der Waals surface area contributed by atoms with Gasteiger partial charge in [-0.05, 0) is 32.4 Å². The van der Waals surface area contributed by atoms with Crippen molar-refractivity contribution in [2.24, 2.45) is 0 Å². The van der Waals surface area contributed by atoms with E-state index in [0.29, 0.717) is 5.75 Å². The van der Waals surface area contributed by atoms with E-state index in [4.69, 9.17) is 4.74 Å². The summed E-state index contributed by atoms with van der Waals surface area (Å²) >= 11 is 0. The second-order valence-electron chi connectivity index (χ2n) is 5.81. The van der Waals surface area contributed by atoms with Crippen LogP contribution in [0.4, 0.5) is 0 Å². The van der Waals surface area contributed by atoms with E-state index < -0.39 is 6.10 Å². The lowest BCUT2D eigenvalue weighted by Gasteiger charge is -2.26. The summed E-state index contributed by atoms with van der Waals surface area (Å²) in [7, 11) is 0. The van der Waals surface area contributed by atoms with Crippen molar-refractivity contribution in [3.8, 4) is 5.75 Å². The first-order valence-corrected chi connectivity index (χ1v) is 7.65. The summed E-state index contributed by atoms with van der Waals surface area (Å²) in [4.78, 5) is 16.6. The van der Waals surface area contributed by atoms with Crippen LogP contribution in [-0.4, -0.2) is 27.6 Å². The number of benzene rings is 1. The molecule has 1 aromatic carbocycles. The molecule has 1 aliphatic heterocycles. The van der Waals surface area contributed by atoms with Gasteiger partial charge >= 0.3 is 0 Å². The fourth-order valence-electron chi connectivity index (χ4n) is 2.68. The molecule has 0 saturated heterocycles. The predicted octanol–water partition coefficient (Wildman–Crippen LogP) is 2.09. The van der Waals surface area contributed by atoms with Crippen LogP contribution in [0, 0.1) is 6.92 Å². The Bertz CT molecular complexity index is 648. The predicted molar refractivity (Wildman–Crippen MR) is 83.7 cm³/mol. The molecule has 1 aromatic heterocycles. The van der Waals surface area contributed by atoms with Crippen LogP contribution < -0.4 is 10.1 Å². The van der Waals surface area contributed by atoms with Crippen LogP contribution in [0.25, 0.3) is 0 Å². The molecular formula is C17H21N3O2. The van der Waals surface area contributed by atoms with E-state index in [9.17, 15) is 4.79 Å². The zero-order valence-corrected chi connectivity index (χ0v) is 13.0. The van der Waals surface area contributed by atoms with E-state index in [2.05, 4.69) is 14.9 Å². The maximum atomic E-state index is 12.3. The number of hydrogen-bond donors (Lipinski definition) is 1. The molecule has 0 fully saturated rings. The average molecular weight is 299 g/mol. The summed E-state index contributed by atoms with van der Waals surface area (Å²) < 4.78 is 7.79. The molecular weight excluding hydrogens is 278 g/mol. The van der Waals surface area contributed by atoms with Crippen LogP contribution >= 0.6 is 0 Å². The van der Waals surface area contributed by atoms with Crippen LogP contribution in [0.2, 0.25) is 0 Å². The highest BCUT2D eigenvalue weighted by Gasteiger charge is 2.23. The van der Waals surface area contributed by atoms with Gasteiger partial charge in [-0.25, -0.2) is 4.98 Å². The summed E-state index contributed by atoms with van der Waals surface area (Å²) in [5.74, 6) is 1.73. The largest absolute Gasteiger partial charge is 0.481 e. The summed E-state index contributed by atoms with van der Waals surface area (Å²) in [5.41, 5.74) is 1.17. The lowest BCUT2D eigenvalue weighted by molar-refractivity contribution is -0.128. The van der Waals surface area contributed by atoms with Crippen molar-refractivity contribution in [1.82, 2.24) is 14.9 Å². The van der Waals surface area contributed by atoms with Crippen molar-refractivity contribution in [2.45, 2.75) is 45.4 Å². The second kappa shape index (κ2) is 6.22. The van der Waals surface area contributed by atoms with Crippen molar-refractivity contribution in [3.63, 3.8) is 0 Å². The molecule has 22 heavy (non-hydrogen) atoms. The van der Waals surface area contributed by atoms with Gasteiger partial charge in [0.25, 0.3) is 5.91 Å². The number of hydrogen-bond acceptors (Lipinski definition) is 3. The van der Waals surface area contributed by atoms with Crippen molar-refractivity contribution in [2.75, 3.05) is 0 Å². The zero-order chi connectivity index (χ0) is 15.5. The number of aryl methyl sites for hydroxylation is 2. The third-order valence-corrected chi connectivity index (χ3v) is 3.98. The van der Waals surface area contributed by atoms with Crippen molar-refractivity contribution < 1.29 is 9.53 Å². The molecule has 0 bridgehead atoms. The number of aromatic nitrogens is 2. The lowest BCUT2D eigenvalue weighted by Crippen LogP contribution is -2.46. The Morgan fingerprint density at radius 1 is 1.41 bits per heavy atom. The van der Waals surface area contributed by atoms with E-state index in [-0.39, 0.29) is 11.9 Å². The number of carbonyl (C=O) groups is 1. The van der Waals surface area contributed by atoms with Gasteiger partial charge in [-0.2, -0.15) is 0 Å². The zero-order valence-electron chi connectivity index (χ0n) is 13.0. The Morgan fingerprint density at radius 3 is 2.95 bits per heavy atom. The number of nitrogens with zero attached hydrogens (tertiary/aromatic N) is 2. The number of imidazole rings is 1. The fraction of sp³-hybridized carbons (Fsp3) is 0.412. The SMILES string of the molecule is Cc1ccc(OC(C)C(=O)NC2CCc3nccn3C2)cc1. The topological polar surface area (TPSA) is 56.1 Å². The smallest absolute Gasteiger partial charge is 0.261 e. The molecule has 2 atom stereocenters. The molecule has 2 heterocycles. The molecule has 1 amide bonds. The molecule has 0 radical (unpaired) electrons. The van der Waals surface area contributed by atoms with Crippen LogP contribution in [0.3, 0.4) is 0 Å². The summed E-state index contributed by atoms with van der Waals surface area (Å²) in [6.45, 7) is 4.58. The standard InChI is InChI=1S/C17H21N3O2/c1-12-3-6-15(7-4-12)22-13(2)17(21)19-14-5-8-16-18-9-10-20(16)11-14/h3-4,6-7,9-10,13-14H,5,8,11H2,1-2H3,(H,19,21). The average Bonchev–Trinajstić information content (AvgIpc) is 2.97. The normalized spacial score (nSPS) is 18.4. The van der Waals surface area contributed by atoms with Gasteiger partial charge in [0.05, 0.1) is 0 Å². The highest BCUT2D eigenvalue weighted by atomic mass is 16.5. The van der Waals surface area contributed by atoms with Crippen LogP contribution in [0.5, 0.6) is 5.75 Å². The molecule has 0 aliphatic carbocycles. The van der Waals surface area contributed by atoms with Gasteiger partial charge in [-0.3, -0.25) is 4.79 Å². The van der Waals surface area contributed by atoms with Crippen molar-refractivity contribution in [1.29, 1.82) is 0 Å². The Balaban J connectivity index is 1.54. The summed E-state index contributed by atoms with van der Waals surface area (Å²) in [5, 5.41) is 3.07. The summed E-state index contributed by atoms with van der Waals surface area (Å²) in [6, 6.07) is 7.86. The Kier molecular flexibility index (Phi) is 4.13.